The van der Waals surface area contributed by atoms with Crippen LogP contribution in [0.5, 0.6) is 0 Å². The van der Waals surface area contributed by atoms with Crippen LogP contribution in [0.2, 0.25) is 0 Å². The zero-order valence-corrected chi connectivity index (χ0v) is 15.7. The maximum absolute atomic E-state index is 12.1. The van der Waals surface area contributed by atoms with Crippen molar-refractivity contribution in [2.24, 2.45) is 14.1 Å². The van der Waals surface area contributed by atoms with Crippen molar-refractivity contribution in [3.8, 4) is 0 Å². The molecule has 1 N–H and O–H groups in total. The van der Waals surface area contributed by atoms with Gasteiger partial charge in [-0.1, -0.05) is 0 Å². The lowest BCUT2D eigenvalue weighted by molar-refractivity contribution is 0.603. The molecule has 1 aliphatic rings. The van der Waals surface area contributed by atoms with Crippen LogP contribution in [0.1, 0.15) is 12.6 Å². The van der Waals surface area contributed by atoms with Gasteiger partial charge in [0.15, 0.2) is 0 Å². The normalized spacial score (nSPS) is 14.6. The molecule has 0 bridgehead atoms. The van der Waals surface area contributed by atoms with Crippen molar-refractivity contribution in [3.63, 3.8) is 0 Å². The molecule has 0 atom stereocenters. The van der Waals surface area contributed by atoms with Crippen LogP contribution in [0.4, 0.5) is 17.6 Å². The van der Waals surface area contributed by atoms with Crippen molar-refractivity contribution in [1.29, 1.82) is 0 Å². The number of nitrogens with one attached hydrogen (secondary N) is 1. The molecule has 2 aromatic rings. The minimum atomic E-state index is -0.313. The topological polar surface area (TPSA) is 88.3 Å². The van der Waals surface area contributed by atoms with E-state index in [1.54, 1.807) is 7.05 Å². The van der Waals surface area contributed by atoms with Gasteiger partial charge in [0.1, 0.15) is 11.6 Å². The average molecular weight is 359 g/mol. The highest BCUT2D eigenvalue weighted by Crippen LogP contribution is 2.18. The second kappa shape index (κ2) is 7.19. The van der Waals surface area contributed by atoms with Gasteiger partial charge in [0, 0.05) is 64.6 Å². The summed E-state index contributed by atoms with van der Waals surface area (Å²) in [6.45, 7) is 7.61. The molecular formula is C17H25N7O2. The Labute approximate surface area is 151 Å². The van der Waals surface area contributed by atoms with Gasteiger partial charge in [-0.25, -0.2) is 9.78 Å². The molecule has 1 saturated heterocycles. The zero-order valence-electron chi connectivity index (χ0n) is 15.7. The standard InChI is InChI=1S/C17H25N7O2/c1-5-18-13-10-12(2)19-16(20-13)24-8-6-23(7-9-24)14-11-15(25)22(4)17(26)21(14)3/h10-11H,5-9H2,1-4H3,(H,18,19,20). The fourth-order valence-electron chi connectivity index (χ4n) is 3.13. The Hall–Kier alpha value is -2.84. The Bertz CT molecular complexity index is 910. The monoisotopic (exact) mass is 359 g/mol. The van der Waals surface area contributed by atoms with Crippen LogP contribution in [-0.2, 0) is 14.1 Å². The third kappa shape index (κ3) is 3.42. The molecule has 1 aliphatic heterocycles. The number of piperazine rings is 1. The van der Waals surface area contributed by atoms with Crippen molar-refractivity contribution in [1.82, 2.24) is 19.1 Å². The Morgan fingerprint density at radius 1 is 1.00 bits per heavy atom. The molecule has 26 heavy (non-hydrogen) atoms. The third-order valence-corrected chi connectivity index (χ3v) is 4.59. The second-order valence-corrected chi connectivity index (χ2v) is 6.44. The molecule has 9 nitrogen and oxygen atoms in total. The summed E-state index contributed by atoms with van der Waals surface area (Å²) in [4.78, 5) is 37.4. The van der Waals surface area contributed by atoms with Crippen LogP contribution in [0.15, 0.2) is 21.7 Å². The van der Waals surface area contributed by atoms with Gasteiger partial charge in [0.25, 0.3) is 5.56 Å². The number of anilines is 3. The van der Waals surface area contributed by atoms with E-state index in [2.05, 4.69) is 25.1 Å². The molecule has 0 radical (unpaired) electrons. The third-order valence-electron chi connectivity index (χ3n) is 4.59. The highest BCUT2D eigenvalue weighted by atomic mass is 16.2. The Morgan fingerprint density at radius 2 is 1.65 bits per heavy atom. The van der Waals surface area contributed by atoms with Crippen LogP contribution in [0.3, 0.4) is 0 Å². The molecule has 9 heteroatoms. The maximum atomic E-state index is 12.1. The van der Waals surface area contributed by atoms with Crippen molar-refractivity contribution in [3.05, 3.63) is 38.7 Å². The molecule has 2 aromatic heterocycles. The fraction of sp³-hybridized carbons (Fsp3) is 0.529. The number of hydrogen-bond donors (Lipinski definition) is 1. The molecule has 0 unspecified atom stereocenters. The van der Waals surface area contributed by atoms with Crippen molar-refractivity contribution in [2.45, 2.75) is 13.8 Å². The summed E-state index contributed by atoms with van der Waals surface area (Å²) in [6.07, 6.45) is 0. The first kappa shape index (κ1) is 18.0. The van der Waals surface area contributed by atoms with E-state index in [9.17, 15) is 9.59 Å². The molecular weight excluding hydrogens is 334 g/mol. The molecule has 1 fully saturated rings. The average Bonchev–Trinajstić information content (AvgIpc) is 2.63. The summed E-state index contributed by atoms with van der Waals surface area (Å²) in [5.41, 5.74) is 0.317. The van der Waals surface area contributed by atoms with Gasteiger partial charge in [-0.2, -0.15) is 4.98 Å². The summed E-state index contributed by atoms with van der Waals surface area (Å²) in [6, 6.07) is 3.45. The van der Waals surface area contributed by atoms with E-state index < -0.39 is 0 Å². The minimum absolute atomic E-state index is 0.289. The van der Waals surface area contributed by atoms with E-state index in [4.69, 9.17) is 0 Å². The van der Waals surface area contributed by atoms with Gasteiger partial charge in [-0.3, -0.25) is 13.9 Å². The van der Waals surface area contributed by atoms with Crippen LogP contribution in [0, 0.1) is 6.92 Å². The fourth-order valence-corrected chi connectivity index (χ4v) is 3.13. The van der Waals surface area contributed by atoms with Crippen molar-refractivity contribution < 1.29 is 0 Å². The van der Waals surface area contributed by atoms with Crippen LogP contribution in [-0.4, -0.2) is 51.8 Å². The van der Waals surface area contributed by atoms with E-state index in [0.29, 0.717) is 24.9 Å². The van der Waals surface area contributed by atoms with E-state index in [-0.39, 0.29) is 11.2 Å². The molecule has 0 aromatic carbocycles. The lowest BCUT2D eigenvalue weighted by Crippen LogP contribution is -2.50. The highest BCUT2D eigenvalue weighted by Gasteiger charge is 2.22. The lowest BCUT2D eigenvalue weighted by atomic mass is 10.3. The van der Waals surface area contributed by atoms with Gasteiger partial charge >= 0.3 is 5.69 Å². The SMILES string of the molecule is CCNc1cc(C)nc(N2CCN(c3cc(=O)n(C)c(=O)n3C)CC2)n1. The minimum Gasteiger partial charge on any atom is -0.370 e. The Morgan fingerprint density at radius 3 is 2.31 bits per heavy atom. The van der Waals surface area contributed by atoms with Gasteiger partial charge in [-0.05, 0) is 13.8 Å². The van der Waals surface area contributed by atoms with E-state index >= 15 is 0 Å². The molecule has 140 valence electrons. The Balaban J connectivity index is 1.78. The summed E-state index contributed by atoms with van der Waals surface area (Å²) < 4.78 is 2.63. The second-order valence-electron chi connectivity index (χ2n) is 6.44. The number of rotatable bonds is 4. The van der Waals surface area contributed by atoms with Gasteiger partial charge < -0.3 is 15.1 Å². The van der Waals surface area contributed by atoms with Gasteiger partial charge in [-0.15, -0.1) is 0 Å². The van der Waals surface area contributed by atoms with Gasteiger partial charge in [0.05, 0.1) is 0 Å². The Kier molecular flexibility index (Phi) is 4.97. The van der Waals surface area contributed by atoms with Crippen LogP contribution < -0.4 is 26.4 Å². The summed E-state index contributed by atoms with van der Waals surface area (Å²) in [5.74, 6) is 2.18. The van der Waals surface area contributed by atoms with E-state index in [1.165, 1.54) is 17.7 Å². The first-order valence-corrected chi connectivity index (χ1v) is 8.77. The number of aromatic nitrogens is 4. The first-order valence-electron chi connectivity index (χ1n) is 8.77. The predicted octanol–water partition coefficient (Wildman–Crippen LogP) is -0.0592. The van der Waals surface area contributed by atoms with Crippen molar-refractivity contribution in [2.75, 3.05) is 47.8 Å². The highest BCUT2D eigenvalue weighted by molar-refractivity contribution is 5.46. The summed E-state index contributed by atoms with van der Waals surface area (Å²) >= 11 is 0. The van der Waals surface area contributed by atoms with Crippen LogP contribution >= 0.6 is 0 Å². The molecule has 3 rings (SSSR count). The molecule has 0 aliphatic carbocycles. The summed E-state index contributed by atoms with van der Waals surface area (Å²) in [7, 11) is 3.18. The maximum Gasteiger partial charge on any atom is 0.332 e. The quantitative estimate of drug-likeness (QED) is 0.818. The van der Waals surface area contributed by atoms with Crippen molar-refractivity contribution >= 4 is 17.6 Å². The van der Waals surface area contributed by atoms with E-state index in [1.807, 2.05) is 19.9 Å². The zero-order chi connectivity index (χ0) is 18.8. The summed E-state index contributed by atoms with van der Waals surface area (Å²) in [5, 5.41) is 3.22. The lowest BCUT2D eigenvalue weighted by Gasteiger charge is -2.36. The molecule has 3 heterocycles. The van der Waals surface area contributed by atoms with E-state index in [0.717, 1.165) is 35.7 Å². The first-order chi connectivity index (χ1) is 12.4. The number of nitrogens with zero attached hydrogens (tertiary/aromatic N) is 6. The number of hydrogen-bond acceptors (Lipinski definition) is 7. The smallest absolute Gasteiger partial charge is 0.332 e. The molecule has 0 amide bonds. The van der Waals surface area contributed by atoms with Gasteiger partial charge in [0.2, 0.25) is 5.95 Å². The number of aryl methyl sites for hydroxylation is 1. The molecule has 0 saturated carbocycles. The van der Waals surface area contributed by atoms with Crippen LogP contribution in [0.25, 0.3) is 0 Å². The largest absolute Gasteiger partial charge is 0.370 e. The predicted molar refractivity (Wildman–Crippen MR) is 102 cm³/mol. The molecule has 0 spiro atoms.